The Balaban J connectivity index is 1.90. The SMILES string of the molecule is O=C(COC(=O)c1ccc(OC(F)F)cc1)Nc1cc(Cl)c(Cl)cc1Cl. The maximum Gasteiger partial charge on any atom is 0.387 e. The average molecular weight is 425 g/mol. The molecule has 26 heavy (non-hydrogen) atoms. The standard InChI is InChI=1S/C16H10Cl3F2NO4/c17-10-5-12(19)13(6-11(10)18)22-14(23)7-25-15(24)8-1-3-9(4-2-8)26-16(20)21/h1-6,16H,7H2,(H,22,23). The Hall–Kier alpha value is -2.09. The second-order valence-electron chi connectivity index (χ2n) is 4.77. The van der Waals surface area contributed by atoms with Crippen molar-refractivity contribution in [2.45, 2.75) is 6.61 Å². The molecule has 1 amide bonds. The number of nitrogens with one attached hydrogen (secondary N) is 1. The van der Waals surface area contributed by atoms with Crippen molar-refractivity contribution in [3.8, 4) is 5.75 Å². The summed E-state index contributed by atoms with van der Waals surface area (Å²) in [4.78, 5) is 23.7. The molecule has 0 spiro atoms. The number of anilines is 1. The van der Waals surface area contributed by atoms with Crippen LogP contribution in [-0.4, -0.2) is 25.1 Å². The van der Waals surface area contributed by atoms with Crippen molar-refractivity contribution >= 4 is 52.4 Å². The summed E-state index contributed by atoms with van der Waals surface area (Å²) in [5.74, 6) is -1.58. The number of hydrogen-bond donors (Lipinski definition) is 1. The summed E-state index contributed by atoms with van der Waals surface area (Å²) in [6.07, 6.45) is 0. The Morgan fingerprint density at radius 1 is 1.00 bits per heavy atom. The van der Waals surface area contributed by atoms with Gasteiger partial charge in [0.15, 0.2) is 6.61 Å². The second kappa shape index (κ2) is 9.02. The van der Waals surface area contributed by atoms with E-state index >= 15 is 0 Å². The van der Waals surface area contributed by atoms with Gasteiger partial charge in [-0.25, -0.2) is 4.79 Å². The number of ether oxygens (including phenoxy) is 2. The summed E-state index contributed by atoms with van der Waals surface area (Å²) < 4.78 is 33.1. The van der Waals surface area contributed by atoms with Gasteiger partial charge in [0, 0.05) is 0 Å². The number of alkyl halides is 2. The molecule has 138 valence electrons. The fraction of sp³-hybridized carbons (Fsp3) is 0.125. The quantitative estimate of drug-likeness (QED) is 0.521. The largest absolute Gasteiger partial charge is 0.452 e. The van der Waals surface area contributed by atoms with E-state index in [1.165, 1.54) is 36.4 Å². The highest BCUT2D eigenvalue weighted by Crippen LogP contribution is 2.32. The van der Waals surface area contributed by atoms with Crippen molar-refractivity contribution in [2.24, 2.45) is 0 Å². The number of amides is 1. The Morgan fingerprint density at radius 3 is 2.23 bits per heavy atom. The summed E-state index contributed by atoms with van der Waals surface area (Å²) in [6.45, 7) is -3.56. The van der Waals surface area contributed by atoms with Crippen LogP contribution in [0.1, 0.15) is 10.4 Å². The Bertz CT molecular complexity index is 816. The molecule has 0 aliphatic heterocycles. The van der Waals surface area contributed by atoms with E-state index < -0.39 is 25.1 Å². The molecule has 0 aliphatic rings. The first kappa shape index (κ1) is 20.2. The van der Waals surface area contributed by atoms with Gasteiger partial charge < -0.3 is 14.8 Å². The van der Waals surface area contributed by atoms with Crippen LogP contribution in [0, 0.1) is 0 Å². The van der Waals surface area contributed by atoms with Crippen LogP contribution in [0.4, 0.5) is 14.5 Å². The van der Waals surface area contributed by atoms with Gasteiger partial charge in [0.1, 0.15) is 5.75 Å². The molecule has 0 atom stereocenters. The third kappa shape index (κ3) is 5.72. The highest BCUT2D eigenvalue weighted by molar-refractivity contribution is 6.44. The highest BCUT2D eigenvalue weighted by atomic mass is 35.5. The zero-order valence-corrected chi connectivity index (χ0v) is 15.0. The molecule has 0 bridgehead atoms. The van der Waals surface area contributed by atoms with E-state index in [1.54, 1.807) is 0 Å². The Labute approximate surface area is 161 Å². The number of carbonyl (C=O) groups excluding carboxylic acids is 2. The maximum absolute atomic E-state index is 12.1. The smallest absolute Gasteiger partial charge is 0.387 e. The molecule has 2 rings (SSSR count). The van der Waals surface area contributed by atoms with E-state index in [0.29, 0.717) is 0 Å². The maximum atomic E-state index is 12.1. The van der Waals surface area contributed by atoms with E-state index in [-0.39, 0.29) is 32.1 Å². The van der Waals surface area contributed by atoms with E-state index in [1.807, 2.05) is 0 Å². The van der Waals surface area contributed by atoms with Crippen LogP contribution >= 0.6 is 34.8 Å². The van der Waals surface area contributed by atoms with Gasteiger partial charge in [-0.3, -0.25) is 4.79 Å². The third-order valence-electron chi connectivity index (χ3n) is 2.93. The molecule has 2 aromatic carbocycles. The lowest BCUT2D eigenvalue weighted by atomic mass is 10.2. The Kier molecular flexibility index (Phi) is 7.02. The van der Waals surface area contributed by atoms with Crippen molar-refractivity contribution in [3.63, 3.8) is 0 Å². The first-order chi connectivity index (χ1) is 12.3. The van der Waals surface area contributed by atoms with Gasteiger partial charge in [0.05, 0.1) is 26.3 Å². The number of rotatable bonds is 6. The van der Waals surface area contributed by atoms with Crippen molar-refractivity contribution in [2.75, 3.05) is 11.9 Å². The first-order valence-electron chi connectivity index (χ1n) is 6.92. The molecule has 2 aromatic rings. The minimum Gasteiger partial charge on any atom is -0.452 e. The van der Waals surface area contributed by atoms with E-state index in [0.717, 1.165) is 0 Å². The van der Waals surface area contributed by atoms with Gasteiger partial charge in [-0.15, -0.1) is 0 Å². The molecule has 0 aromatic heterocycles. The fourth-order valence-corrected chi connectivity index (χ4v) is 2.39. The van der Waals surface area contributed by atoms with E-state index in [2.05, 4.69) is 10.1 Å². The molecule has 0 saturated carbocycles. The average Bonchev–Trinajstić information content (AvgIpc) is 2.57. The number of benzene rings is 2. The molecule has 0 aliphatic carbocycles. The van der Waals surface area contributed by atoms with Crippen LogP contribution in [0.5, 0.6) is 5.75 Å². The molecule has 10 heteroatoms. The van der Waals surface area contributed by atoms with Crippen LogP contribution in [0.3, 0.4) is 0 Å². The number of esters is 1. The van der Waals surface area contributed by atoms with Gasteiger partial charge in [0.25, 0.3) is 5.91 Å². The molecular weight excluding hydrogens is 415 g/mol. The fourth-order valence-electron chi connectivity index (χ4n) is 1.79. The van der Waals surface area contributed by atoms with Crippen LogP contribution in [0.25, 0.3) is 0 Å². The third-order valence-corrected chi connectivity index (χ3v) is 3.97. The van der Waals surface area contributed by atoms with Crippen molar-refractivity contribution in [1.29, 1.82) is 0 Å². The van der Waals surface area contributed by atoms with E-state index in [4.69, 9.17) is 39.5 Å². The van der Waals surface area contributed by atoms with Crippen molar-refractivity contribution < 1.29 is 27.8 Å². The number of hydrogen-bond acceptors (Lipinski definition) is 4. The zero-order valence-electron chi connectivity index (χ0n) is 12.8. The molecule has 0 saturated heterocycles. The Morgan fingerprint density at radius 2 is 1.62 bits per heavy atom. The van der Waals surface area contributed by atoms with Gasteiger partial charge >= 0.3 is 12.6 Å². The summed E-state index contributed by atoms with van der Waals surface area (Å²) >= 11 is 17.5. The molecule has 0 fully saturated rings. The van der Waals surface area contributed by atoms with Gasteiger partial charge in [-0.05, 0) is 36.4 Å². The van der Waals surface area contributed by atoms with Crippen LogP contribution < -0.4 is 10.1 Å². The number of carbonyl (C=O) groups is 2. The van der Waals surface area contributed by atoms with Crippen molar-refractivity contribution in [3.05, 3.63) is 57.0 Å². The van der Waals surface area contributed by atoms with Crippen LogP contribution in [0.15, 0.2) is 36.4 Å². The zero-order chi connectivity index (χ0) is 19.3. The summed E-state index contributed by atoms with van der Waals surface area (Å²) in [6, 6.07) is 7.53. The lowest BCUT2D eigenvalue weighted by Crippen LogP contribution is -2.21. The molecule has 0 radical (unpaired) electrons. The summed E-state index contributed by atoms with van der Waals surface area (Å²) in [5, 5.41) is 2.99. The minimum atomic E-state index is -2.97. The highest BCUT2D eigenvalue weighted by Gasteiger charge is 2.13. The predicted octanol–water partition coefficient (Wildman–Crippen LogP) is 5.04. The first-order valence-corrected chi connectivity index (χ1v) is 8.06. The molecule has 0 unspecified atom stereocenters. The normalized spacial score (nSPS) is 10.5. The minimum absolute atomic E-state index is 0.0620. The molecular formula is C16H10Cl3F2NO4. The lowest BCUT2D eigenvalue weighted by molar-refractivity contribution is -0.119. The van der Waals surface area contributed by atoms with Gasteiger partial charge in [0.2, 0.25) is 0 Å². The predicted molar refractivity (Wildman–Crippen MR) is 93.5 cm³/mol. The van der Waals surface area contributed by atoms with E-state index in [9.17, 15) is 18.4 Å². The number of halogens is 5. The van der Waals surface area contributed by atoms with Crippen LogP contribution in [0.2, 0.25) is 15.1 Å². The van der Waals surface area contributed by atoms with Crippen LogP contribution in [-0.2, 0) is 9.53 Å². The van der Waals surface area contributed by atoms with Gasteiger partial charge in [-0.2, -0.15) is 8.78 Å². The monoisotopic (exact) mass is 423 g/mol. The summed E-state index contributed by atoms with van der Waals surface area (Å²) in [5.41, 5.74) is 0.266. The molecule has 0 heterocycles. The second-order valence-corrected chi connectivity index (χ2v) is 5.99. The molecule has 5 nitrogen and oxygen atoms in total. The molecule has 1 N–H and O–H groups in total. The van der Waals surface area contributed by atoms with Gasteiger partial charge in [-0.1, -0.05) is 34.8 Å². The van der Waals surface area contributed by atoms with Crippen molar-refractivity contribution in [1.82, 2.24) is 0 Å². The lowest BCUT2D eigenvalue weighted by Gasteiger charge is -2.09. The topological polar surface area (TPSA) is 64.6 Å². The summed E-state index contributed by atoms with van der Waals surface area (Å²) in [7, 11) is 0.